The van der Waals surface area contributed by atoms with Crippen LogP contribution in [0.25, 0.3) is 5.65 Å². The second-order valence-electron chi connectivity index (χ2n) is 5.51. The minimum atomic E-state index is -0.949. The summed E-state index contributed by atoms with van der Waals surface area (Å²) in [4.78, 5) is 23.2. The van der Waals surface area contributed by atoms with Crippen molar-refractivity contribution < 1.29 is 14.6 Å². The van der Waals surface area contributed by atoms with Crippen LogP contribution in [-0.2, 0) is 22.5 Å². The van der Waals surface area contributed by atoms with E-state index in [9.17, 15) is 9.59 Å². The summed E-state index contributed by atoms with van der Waals surface area (Å²) in [6, 6.07) is 3.28. The van der Waals surface area contributed by atoms with Crippen molar-refractivity contribution in [2.24, 2.45) is 0 Å². The molecule has 0 aliphatic carbocycles. The van der Waals surface area contributed by atoms with Crippen molar-refractivity contribution in [1.82, 2.24) is 14.2 Å². The van der Waals surface area contributed by atoms with Gasteiger partial charge in [-0.2, -0.15) is 9.61 Å². The highest BCUT2D eigenvalue weighted by molar-refractivity contribution is 5.70. The van der Waals surface area contributed by atoms with Gasteiger partial charge in [0, 0.05) is 43.5 Å². The summed E-state index contributed by atoms with van der Waals surface area (Å²) in [6.45, 7) is 3.93. The number of aryl methyl sites for hydroxylation is 1. The Bertz CT molecular complexity index is 756. The molecule has 0 bridgehead atoms. The Morgan fingerprint density at radius 2 is 2.14 bits per heavy atom. The van der Waals surface area contributed by atoms with E-state index in [2.05, 4.69) is 5.10 Å². The lowest BCUT2D eigenvalue weighted by Gasteiger charge is -2.19. The van der Waals surface area contributed by atoms with Crippen molar-refractivity contribution in [1.29, 1.82) is 0 Å². The van der Waals surface area contributed by atoms with Gasteiger partial charge in [0.15, 0.2) is 0 Å². The summed E-state index contributed by atoms with van der Waals surface area (Å²) in [6.07, 6.45) is 1.62. The molecule has 118 valence electrons. The minimum Gasteiger partial charge on any atom is -0.481 e. The summed E-state index contributed by atoms with van der Waals surface area (Å²) in [5.74, 6) is -0.656. The third-order valence-electron chi connectivity index (χ3n) is 4.12. The first-order valence-corrected chi connectivity index (χ1v) is 7.52. The first kappa shape index (κ1) is 14.8. The molecule has 2 aromatic heterocycles. The van der Waals surface area contributed by atoms with Crippen LogP contribution in [0, 0.1) is 0 Å². The maximum atomic E-state index is 12.2. The average molecular weight is 305 g/mol. The lowest BCUT2D eigenvalue weighted by atomic mass is 9.97. The van der Waals surface area contributed by atoms with E-state index in [4.69, 9.17) is 9.84 Å². The van der Waals surface area contributed by atoms with Crippen molar-refractivity contribution in [2.45, 2.75) is 38.6 Å². The highest BCUT2D eigenvalue weighted by Crippen LogP contribution is 2.26. The zero-order chi connectivity index (χ0) is 15.7. The second kappa shape index (κ2) is 5.92. The van der Waals surface area contributed by atoms with Crippen molar-refractivity contribution in [2.75, 3.05) is 13.2 Å². The number of aromatic nitrogens is 3. The van der Waals surface area contributed by atoms with Gasteiger partial charge in [0.05, 0.1) is 12.1 Å². The summed E-state index contributed by atoms with van der Waals surface area (Å²) >= 11 is 0. The Labute approximate surface area is 127 Å². The standard InChI is InChI=1S/C15H19N3O4/c1-2-17-11(8-15(20)21)7-14(19)18-13(17)9-12(16-18)10-3-5-22-6-4-10/h7,9-10H,2-6,8H2,1H3,(H,20,21). The van der Waals surface area contributed by atoms with E-state index >= 15 is 0 Å². The quantitative estimate of drug-likeness (QED) is 0.912. The molecule has 3 rings (SSSR count). The van der Waals surface area contributed by atoms with E-state index in [1.165, 1.54) is 10.6 Å². The molecule has 0 spiro atoms. The van der Waals surface area contributed by atoms with Crippen molar-refractivity contribution >= 4 is 11.6 Å². The van der Waals surface area contributed by atoms with Crippen LogP contribution in [0.3, 0.4) is 0 Å². The van der Waals surface area contributed by atoms with Gasteiger partial charge in [0.2, 0.25) is 0 Å². The number of nitrogens with zero attached hydrogens (tertiary/aromatic N) is 3. The largest absolute Gasteiger partial charge is 0.481 e. The molecule has 0 atom stereocenters. The van der Waals surface area contributed by atoms with E-state index in [1.807, 2.05) is 17.6 Å². The first-order chi connectivity index (χ1) is 10.6. The van der Waals surface area contributed by atoms with Crippen LogP contribution in [0.4, 0.5) is 0 Å². The number of aliphatic carboxylic acids is 1. The Morgan fingerprint density at radius 1 is 1.41 bits per heavy atom. The Hall–Kier alpha value is -2.15. The monoisotopic (exact) mass is 305 g/mol. The molecule has 22 heavy (non-hydrogen) atoms. The Balaban J connectivity index is 2.11. The molecule has 7 heteroatoms. The number of hydrogen-bond donors (Lipinski definition) is 1. The Kier molecular flexibility index (Phi) is 3.98. The predicted molar refractivity (Wildman–Crippen MR) is 79.3 cm³/mol. The molecular formula is C15H19N3O4. The van der Waals surface area contributed by atoms with Crippen LogP contribution in [0.1, 0.15) is 37.1 Å². The highest BCUT2D eigenvalue weighted by atomic mass is 16.5. The lowest BCUT2D eigenvalue weighted by Crippen LogP contribution is -2.22. The van der Waals surface area contributed by atoms with E-state index in [0.717, 1.165) is 18.5 Å². The van der Waals surface area contributed by atoms with Crippen LogP contribution in [0.5, 0.6) is 0 Å². The van der Waals surface area contributed by atoms with E-state index in [-0.39, 0.29) is 12.0 Å². The zero-order valence-electron chi connectivity index (χ0n) is 12.5. The first-order valence-electron chi connectivity index (χ1n) is 7.52. The molecule has 0 unspecified atom stereocenters. The molecule has 2 aromatic rings. The molecule has 1 saturated heterocycles. The molecule has 1 N–H and O–H groups in total. The van der Waals surface area contributed by atoms with E-state index in [1.54, 1.807) is 0 Å². The van der Waals surface area contributed by atoms with E-state index < -0.39 is 5.97 Å². The van der Waals surface area contributed by atoms with Gasteiger partial charge in [0.1, 0.15) is 5.65 Å². The number of carboxylic acids is 1. The van der Waals surface area contributed by atoms with Gasteiger partial charge >= 0.3 is 5.97 Å². The van der Waals surface area contributed by atoms with Gasteiger partial charge in [-0.05, 0) is 19.8 Å². The molecule has 1 fully saturated rings. The molecule has 3 heterocycles. The minimum absolute atomic E-state index is 0.169. The van der Waals surface area contributed by atoms with Crippen LogP contribution < -0.4 is 5.56 Å². The number of fused-ring (bicyclic) bond motifs is 1. The molecule has 0 amide bonds. The van der Waals surface area contributed by atoms with Gasteiger partial charge in [-0.3, -0.25) is 9.59 Å². The number of rotatable bonds is 4. The lowest BCUT2D eigenvalue weighted by molar-refractivity contribution is -0.136. The van der Waals surface area contributed by atoms with Crippen molar-refractivity contribution in [3.8, 4) is 0 Å². The van der Waals surface area contributed by atoms with Crippen molar-refractivity contribution in [3.05, 3.63) is 33.9 Å². The van der Waals surface area contributed by atoms with Gasteiger partial charge in [-0.1, -0.05) is 0 Å². The zero-order valence-corrected chi connectivity index (χ0v) is 12.5. The summed E-state index contributed by atoms with van der Waals surface area (Å²) < 4.78 is 8.57. The average Bonchev–Trinajstić information content (AvgIpc) is 2.93. The molecule has 0 aromatic carbocycles. The van der Waals surface area contributed by atoms with Gasteiger partial charge in [-0.15, -0.1) is 0 Å². The van der Waals surface area contributed by atoms with Crippen LogP contribution >= 0.6 is 0 Å². The number of carboxylic acid groups (broad SMARTS) is 1. The third kappa shape index (κ3) is 2.64. The molecule has 0 saturated carbocycles. The molecule has 1 aliphatic heterocycles. The summed E-state index contributed by atoms with van der Waals surface area (Å²) in [7, 11) is 0. The maximum Gasteiger partial charge on any atom is 0.309 e. The molecule has 0 radical (unpaired) electrons. The third-order valence-corrected chi connectivity index (χ3v) is 4.12. The summed E-state index contributed by atoms with van der Waals surface area (Å²) in [5.41, 5.74) is 1.77. The fraction of sp³-hybridized carbons (Fsp3) is 0.533. The topological polar surface area (TPSA) is 85.8 Å². The van der Waals surface area contributed by atoms with Crippen molar-refractivity contribution in [3.63, 3.8) is 0 Å². The predicted octanol–water partition coefficient (Wildman–Crippen LogP) is 1.04. The SMILES string of the molecule is CCn1c(CC(=O)O)cc(=O)n2nc(C3CCOCC3)cc12. The van der Waals surface area contributed by atoms with Gasteiger partial charge in [-0.25, -0.2) is 0 Å². The van der Waals surface area contributed by atoms with Crippen LogP contribution in [0.2, 0.25) is 0 Å². The Morgan fingerprint density at radius 3 is 2.77 bits per heavy atom. The van der Waals surface area contributed by atoms with Gasteiger partial charge in [0.25, 0.3) is 5.56 Å². The van der Waals surface area contributed by atoms with E-state index in [0.29, 0.717) is 37.0 Å². The fourth-order valence-corrected chi connectivity index (χ4v) is 3.03. The van der Waals surface area contributed by atoms with Crippen LogP contribution in [0.15, 0.2) is 16.9 Å². The number of ether oxygens (including phenoxy) is 1. The molecule has 1 aliphatic rings. The summed E-state index contributed by atoms with van der Waals surface area (Å²) in [5, 5.41) is 13.5. The molecule has 7 nitrogen and oxygen atoms in total. The highest BCUT2D eigenvalue weighted by Gasteiger charge is 2.21. The van der Waals surface area contributed by atoms with Crippen LogP contribution in [-0.4, -0.2) is 38.5 Å². The molecular weight excluding hydrogens is 286 g/mol. The van der Waals surface area contributed by atoms with Gasteiger partial charge < -0.3 is 14.4 Å². The maximum absolute atomic E-state index is 12.2. The number of hydrogen-bond acceptors (Lipinski definition) is 4. The fourth-order valence-electron chi connectivity index (χ4n) is 3.03. The second-order valence-corrected chi connectivity index (χ2v) is 5.51. The number of carbonyl (C=O) groups is 1. The smallest absolute Gasteiger partial charge is 0.309 e. The normalized spacial score (nSPS) is 16.2.